The number of rotatable bonds is 6. The van der Waals surface area contributed by atoms with E-state index in [1.807, 2.05) is 18.2 Å². The Bertz CT molecular complexity index is 754. The van der Waals surface area contributed by atoms with Crippen LogP contribution in [0.25, 0.3) is 0 Å². The van der Waals surface area contributed by atoms with E-state index in [-0.39, 0.29) is 11.6 Å². The molecule has 3 rings (SSSR count). The summed E-state index contributed by atoms with van der Waals surface area (Å²) in [7, 11) is 1.64. The molecule has 2 N–H and O–H groups in total. The number of benzene rings is 2. The number of nitrogens with zero attached hydrogens (tertiary/aromatic N) is 1. The minimum absolute atomic E-state index is 0.0984. The van der Waals surface area contributed by atoms with Crippen molar-refractivity contribution in [2.75, 3.05) is 13.6 Å². The van der Waals surface area contributed by atoms with Gasteiger partial charge in [-0.05, 0) is 37.0 Å². The molecule has 4 nitrogen and oxygen atoms in total. The van der Waals surface area contributed by atoms with Crippen LogP contribution in [0.1, 0.15) is 41.2 Å². The predicted octanol–water partition coefficient (Wildman–Crippen LogP) is 3.42. The average Bonchev–Trinajstić information content (AvgIpc) is 3.11. The van der Waals surface area contributed by atoms with Crippen LogP contribution >= 0.6 is 0 Å². The normalized spacial score (nSPS) is 19.5. The zero-order chi connectivity index (χ0) is 18.5. The maximum Gasteiger partial charge on any atom is 0.256 e. The van der Waals surface area contributed by atoms with Crippen molar-refractivity contribution in [1.29, 1.82) is 0 Å². The Kier molecular flexibility index (Phi) is 5.96. The van der Waals surface area contributed by atoms with E-state index in [1.54, 1.807) is 7.05 Å². The Morgan fingerprint density at radius 3 is 2.65 bits per heavy atom. The van der Waals surface area contributed by atoms with E-state index >= 15 is 0 Å². The first-order valence-electron chi connectivity index (χ1n) is 8.81. The summed E-state index contributed by atoms with van der Waals surface area (Å²) in [4.78, 5) is 13.8. The number of carbonyl (C=O) groups excluding carboxylic acids is 1. The van der Waals surface area contributed by atoms with Gasteiger partial charge in [0.25, 0.3) is 5.91 Å². The molecule has 138 valence electrons. The summed E-state index contributed by atoms with van der Waals surface area (Å²) in [5, 5.41) is 0. The fourth-order valence-corrected chi connectivity index (χ4v) is 3.26. The molecule has 2 aromatic rings. The van der Waals surface area contributed by atoms with Crippen molar-refractivity contribution in [1.82, 2.24) is 15.8 Å². The molecular weight excluding hydrogens is 336 g/mol. The molecule has 0 saturated carbocycles. The van der Waals surface area contributed by atoms with Crippen LogP contribution in [-0.4, -0.2) is 30.4 Å². The van der Waals surface area contributed by atoms with E-state index < -0.39 is 17.5 Å². The zero-order valence-corrected chi connectivity index (χ0v) is 14.7. The monoisotopic (exact) mass is 359 g/mol. The first-order chi connectivity index (χ1) is 12.5. The Morgan fingerprint density at radius 2 is 1.92 bits per heavy atom. The van der Waals surface area contributed by atoms with Gasteiger partial charge in [0.15, 0.2) is 0 Å². The highest BCUT2D eigenvalue weighted by molar-refractivity contribution is 5.94. The van der Waals surface area contributed by atoms with E-state index in [4.69, 9.17) is 0 Å². The fraction of sp³-hybridized carbons (Fsp3) is 0.350. The van der Waals surface area contributed by atoms with E-state index in [9.17, 15) is 13.6 Å². The quantitative estimate of drug-likeness (QED) is 0.831. The molecule has 0 radical (unpaired) electrons. The second kappa shape index (κ2) is 8.38. The minimum Gasteiger partial charge on any atom is -0.342 e. The number of amides is 1. The van der Waals surface area contributed by atoms with Gasteiger partial charge in [0, 0.05) is 31.7 Å². The molecule has 2 aromatic carbocycles. The molecule has 0 bridgehead atoms. The van der Waals surface area contributed by atoms with E-state index in [0.717, 1.165) is 31.4 Å². The van der Waals surface area contributed by atoms with E-state index in [1.165, 1.54) is 16.5 Å². The van der Waals surface area contributed by atoms with Gasteiger partial charge in [0.2, 0.25) is 0 Å². The molecule has 2 atom stereocenters. The van der Waals surface area contributed by atoms with Crippen molar-refractivity contribution in [3.63, 3.8) is 0 Å². The summed E-state index contributed by atoms with van der Waals surface area (Å²) in [5.41, 5.74) is 7.76. The van der Waals surface area contributed by atoms with Crippen molar-refractivity contribution in [2.45, 2.75) is 31.3 Å². The minimum atomic E-state index is -0.825. The van der Waals surface area contributed by atoms with Crippen LogP contribution in [0.5, 0.6) is 0 Å². The van der Waals surface area contributed by atoms with Crippen molar-refractivity contribution in [2.24, 2.45) is 0 Å². The van der Waals surface area contributed by atoms with E-state index in [2.05, 4.69) is 23.0 Å². The third-order valence-electron chi connectivity index (χ3n) is 4.74. The van der Waals surface area contributed by atoms with Crippen molar-refractivity contribution < 1.29 is 13.6 Å². The molecule has 0 aromatic heterocycles. The number of nitrogens with one attached hydrogen (secondary N) is 2. The van der Waals surface area contributed by atoms with Gasteiger partial charge in [-0.15, -0.1) is 0 Å². The Labute approximate surface area is 152 Å². The fourth-order valence-electron chi connectivity index (χ4n) is 3.26. The van der Waals surface area contributed by atoms with Crippen molar-refractivity contribution in [3.8, 4) is 0 Å². The van der Waals surface area contributed by atoms with Crippen LogP contribution in [-0.2, 0) is 0 Å². The number of halogens is 2. The van der Waals surface area contributed by atoms with Gasteiger partial charge in [-0.25, -0.2) is 8.78 Å². The lowest BCUT2D eigenvalue weighted by atomic mass is 10.00. The smallest absolute Gasteiger partial charge is 0.256 e. The molecule has 1 aliphatic rings. The van der Waals surface area contributed by atoms with Gasteiger partial charge < -0.3 is 4.90 Å². The van der Waals surface area contributed by atoms with Gasteiger partial charge in [-0.2, -0.15) is 0 Å². The average molecular weight is 359 g/mol. The highest BCUT2D eigenvalue weighted by atomic mass is 19.1. The van der Waals surface area contributed by atoms with Gasteiger partial charge in [0.1, 0.15) is 11.6 Å². The topological polar surface area (TPSA) is 44.4 Å². The number of hydrogen-bond donors (Lipinski definition) is 2. The predicted molar refractivity (Wildman–Crippen MR) is 96.4 cm³/mol. The van der Waals surface area contributed by atoms with Crippen LogP contribution in [0.3, 0.4) is 0 Å². The molecule has 2 unspecified atom stereocenters. The molecule has 26 heavy (non-hydrogen) atoms. The van der Waals surface area contributed by atoms with Crippen LogP contribution in [0, 0.1) is 11.6 Å². The molecule has 1 heterocycles. The molecule has 1 saturated heterocycles. The summed E-state index contributed by atoms with van der Waals surface area (Å²) >= 11 is 0. The lowest BCUT2D eigenvalue weighted by Gasteiger charge is -2.18. The molecule has 1 amide bonds. The first-order valence-corrected chi connectivity index (χ1v) is 8.81. The largest absolute Gasteiger partial charge is 0.342 e. The lowest BCUT2D eigenvalue weighted by Crippen LogP contribution is -2.32. The third-order valence-corrected chi connectivity index (χ3v) is 4.74. The second-order valence-electron chi connectivity index (χ2n) is 6.68. The van der Waals surface area contributed by atoms with Crippen molar-refractivity contribution >= 4 is 5.91 Å². The maximum absolute atomic E-state index is 13.7. The van der Waals surface area contributed by atoms with E-state index in [0.29, 0.717) is 12.6 Å². The Balaban J connectivity index is 1.45. The first kappa shape index (κ1) is 18.5. The number of hydrogen-bond acceptors (Lipinski definition) is 3. The molecule has 1 fully saturated rings. The van der Waals surface area contributed by atoms with Crippen molar-refractivity contribution in [3.05, 3.63) is 71.3 Å². The summed E-state index contributed by atoms with van der Waals surface area (Å²) in [5.74, 6) is -1.94. The molecular formula is C20H23F2N3O. The van der Waals surface area contributed by atoms with Crippen LogP contribution in [0.2, 0.25) is 0 Å². The van der Waals surface area contributed by atoms with Gasteiger partial charge in [-0.3, -0.25) is 15.6 Å². The highest BCUT2D eigenvalue weighted by Gasteiger charge is 2.24. The molecule has 6 heteroatoms. The third kappa shape index (κ3) is 4.45. The SMILES string of the molecule is CN(CCCC1CC(c2ccccc2)NN1)C(=O)c1ccc(F)cc1F. The van der Waals surface area contributed by atoms with Gasteiger partial charge in [-0.1, -0.05) is 30.3 Å². The summed E-state index contributed by atoms with van der Waals surface area (Å²) in [6.07, 6.45) is 2.68. The zero-order valence-electron chi connectivity index (χ0n) is 14.7. The highest BCUT2D eigenvalue weighted by Crippen LogP contribution is 2.23. The maximum atomic E-state index is 13.7. The molecule has 1 aliphatic heterocycles. The Hall–Kier alpha value is -2.31. The summed E-state index contributed by atoms with van der Waals surface area (Å²) in [6.45, 7) is 0.518. The standard InChI is InChI=1S/C20H23F2N3O/c1-25(20(26)17-10-9-15(21)12-18(17)22)11-5-8-16-13-19(24-23-16)14-6-3-2-4-7-14/h2-4,6-7,9-10,12,16,19,23-24H,5,8,11,13H2,1H3. The second-order valence-corrected chi connectivity index (χ2v) is 6.68. The number of hydrazine groups is 1. The lowest BCUT2D eigenvalue weighted by molar-refractivity contribution is 0.0787. The van der Waals surface area contributed by atoms with Gasteiger partial charge in [0.05, 0.1) is 5.56 Å². The number of carbonyl (C=O) groups is 1. The Morgan fingerprint density at radius 1 is 1.15 bits per heavy atom. The van der Waals surface area contributed by atoms with Gasteiger partial charge >= 0.3 is 0 Å². The van der Waals surface area contributed by atoms with Crippen LogP contribution in [0.4, 0.5) is 8.78 Å². The molecule has 0 aliphatic carbocycles. The summed E-state index contributed by atoms with van der Waals surface area (Å²) in [6, 6.07) is 13.9. The van der Waals surface area contributed by atoms with Crippen LogP contribution < -0.4 is 10.9 Å². The molecule has 0 spiro atoms. The van der Waals surface area contributed by atoms with Crippen LogP contribution in [0.15, 0.2) is 48.5 Å². The summed E-state index contributed by atoms with van der Waals surface area (Å²) < 4.78 is 26.7.